The summed E-state index contributed by atoms with van der Waals surface area (Å²) >= 11 is 0. The van der Waals surface area contributed by atoms with E-state index >= 15 is 0 Å². The quantitative estimate of drug-likeness (QED) is 0.473. The third-order valence-electron chi connectivity index (χ3n) is 2.96. The third-order valence-corrected chi connectivity index (χ3v) is 2.96. The second-order valence-electron chi connectivity index (χ2n) is 4.04. The second kappa shape index (κ2) is 3.35. The van der Waals surface area contributed by atoms with Crippen molar-refractivity contribution < 1.29 is 9.52 Å². The van der Waals surface area contributed by atoms with Gasteiger partial charge in [0, 0.05) is 10.8 Å². The van der Waals surface area contributed by atoms with Crippen molar-refractivity contribution in [1.82, 2.24) is 0 Å². The lowest BCUT2D eigenvalue weighted by Gasteiger charge is -2.05. The minimum Gasteiger partial charge on any atom is -0.504 e. The van der Waals surface area contributed by atoms with Crippen LogP contribution in [-0.4, -0.2) is 5.11 Å². The predicted molar refractivity (Wildman–Crippen MR) is 66.4 cm³/mol. The smallest absolute Gasteiger partial charge is 0.344 e. The van der Waals surface area contributed by atoms with Gasteiger partial charge >= 0.3 is 5.63 Å². The van der Waals surface area contributed by atoms with Gasteiger partial charge in [-0.25, -0.2) is 4.79 Å². The normalized spacial score (nSPS) is 11.1. The molecule has 3 rings (SSSR count). The monoisotopic (exact) mass is 226 g/mol. The highest BCUT2D eigenvalue weighted by Gasteiger charge is 2.11. The van der Waals surface area contributed by atoms with Crippen LogP contribution in [0.1, 0.15) is 5.56 Å². The molecule has 0 unspecified atom stereocenters. The van der Waals surface area contributed by atoms with Crippen LogP contribution >= 0.6 is 0 Å². The summed E-state index contributed by atoms with van der Waals surface area (Å²) in [7, 11) is 0. The Morgan fingerprint density at radius 3 is 2.59 bits per heavy atom. The lowest BCUT2D eigenvalue weighted by molar-refractivity contribution is 0.458. The number of phenols is 1. The SMILES string of the molecule is Cc1cccc2c1c(=O)oc1c(O)cccc12. The van der Waals surface area contributed by atoms with E-state index in [9.17, 15) is 9.90 Å². The standard InChI is InChI=1S/C14H10O3/c1-8-4-2-5-9-10-6-3-7-11(15)13(10)17-14(16)12(8)9/h2-7,15H,1H3. The van der Waals surface area contributed by atoms with E-state index in [2.05, 4.69) is 0 Å². The van der Waals surface area contributed by atoms with E-state index in [0.717, 1.165) is 16.3 Å². The van der Waals surface area contributed by atoms with Gasteiger partial charge in [0.25, 0.3) is 0 Å². The molecule has 0 atom stereocenters. The highest BCUT2D eigenvalue weighted by atomic mass is 16.4. The van der Waals surface area contributed by atoms with Gasteiger partial charge in [-0.15, -0.1) is 0 Å². The van der Waals surface area contributed by atoms with Gasteiger partial charge in [0.2, 0.25) is 0 Å². The minimum atomic E-state index is -0.410. The summed E-state index contributed by atoms with van der Waals surface area (Å²) in [5, 5.41) is 11.8. The summed E-state index contributed by atoms with van der Waals surface area (Å²) < 4.78 is 5.18. The molecule has 0 aliphatic carbocycles. The lowest BCUT2D eigenvalue weighted by atomic mass is 10.0. The molecule has 1 aromatic heterocycles. The number of hydrogen-bond acceptors (Lipinski definition) is 3. The fourth-order valence-electron chi connectivity index (χ4n) is 2.15. The highest BCUT2D eigenvalue weighted by Crippen LogP contribution is 2.29. The number of phenolic OH excluding ortho intramolecular Hbond substituents is 1. The maximum absolute atomic E-state index is 11.9. The van der Waals surface area contributed by atoms with Crippen molar-refractivity contribution in [3.05, 3.63) is 52.4 Å². The van der Waals surface area contributed by atoms with Crippen LogP contribution in [0.25, 0.3) is 21.7 Å². The Hall–Kier alpha value is -2.29. The summed E-state index contributed by atoms with van der Waals surface area (Å²) in [6, 6.07) is 10.7. The van der Waals surface area contributed by atoms with Crippen molar-refractivity contribution in [3.63, 3.8) is 0 Å². The predicted octanol–water partition coefficient (Wildman–Crippen LogP) is 2.96. The maximum Gasteiger partial charge on any atom is 0.344 e. The molecule has 0 saturated heterocycles. The first-order valence-electron chi connectivity index (χ1n) is 5.32. The van der Waals surface area contributed by atoms with Crippen LogP contribution in [0, 0.1) is 6.92 Å². The Morgan fingerprint density at radius 2 is 1.76 bits per heavy atom. The maximum atomic E-state index is 11.9. The Bertz CT molecular complexity index is 784. The van der Waals surface area contributed by atoms with Crippen LogP contribution < -0.4 is 5.63 Å². The Balaban J connectivity index is 2.71. The number of aromatic hydroxyl groups is 1. The van der Waals surface area contributed by atoms with Gasteiger partial charge in [-0.3, -0.25) is 0 Å². The first-order chi connectivity index (χ1) is 8.18. The molecule has 3 heteroatoms. The van der Waals surface area contributed by atoms with E-state index < -0.39 is 5.63 Å². The zero-order valence-electron chi connectivity index (χ0n) is 9.23. The van der Waals surface area contributed by atoms with Gasteiger partial charge in [-0.2, -0.15) is 0 Å². The van der Waals surface area contributed by atoms with E-state index in [1.165, 1.54) is 6.07 Å². The zero-order chi connectivity index (χ0) is 12.0. The lowest BCUT2D eigenvalue weighted by Crippen LogP contribution is -2.01. The number of rotatable bonds is 0. The topological polar surface area (TPSA) is 50.4 Å². The summed E-state index contributed by atoms with van der Waals surface area (Å²) in [6.45, 7) is 1.87. The molecule has 0 aliphatic heterocycles. The van der Waals surface area contributed by atoms with Crippen molar-refractivity contribution in [2.75, 3.05) is 0 Å². The van der Waals surface area contributed by atoms with E-state index in [1.54, 1.807) is 6.07 Å². The minimum absolute atomic E-state index is 0.0111. The molecule has 1 N–H and O–H groups in total. The molecule has 0 saturated carbocycles. The molecule has 0 aliphatic rings. The zero-order valence-corrected chi connectivity index (χ0v) is 9.23. The van der Waals surface area contributed by atoms with Crippen molar-refractivity contribution in [3.8, 4) is 5.75 Å². The average Bonchev–Trinajstić information content (AvgIpc) is 2.31. The van der Waals surface area contributed by atoms with Crippen molar-refractivity contribution in [2.45, 2.75) is 6.92 Å². The number of hydrogen-bond donors (Lipinski definition) is 1. The molecule has 0 bridgehead atoms. The Labute approximate surface area is 96.9 Å². The number of benzene rings is 2. The van der Waals surface area contributed by atoms with E-state index in [0.29, 0.717) is 5.39 Å². The van der Waals surface area contributed by atoms with Crippen LogP contribution in [0.4, 0.5) is 0 Å². The molecular formula is C14H10O3. The van der Waals surface area contributed by atoms with E-state index in [-0.39, 0.29) is 11.3 Å². The largest absolute Gasteiger partial charge is 0.504 e. The van der Waals surface area contributed by atoms with Crippen molar-refractivity contribution >= 4 is 21.7 Å². The van der Waals surface area contributed by atoms with Crippen LogP contribution in [0.5, 0.6) is 5.75 Å². The van der Waals surface area contributed by atoms with Gasteiger partial charge < -0.3 is 9.52 Å². The second-order valence-corrected chi connectivity index (χ2v) is 4.04. The van der Waals surface area contributed by atoms with E-state index in [1.807, 2.05) is 31.2 Å². The van der Waals surface area contributed by atoms with Gasteiger partial charge in [0.15, 0.2) is 11.3 Å². The van der Waals surface area contributed by atoms with Crippen LogP contribution in [0.2, 0.25) is 0 Å². The van der Waals surface area contributed by atoms with Crippen molar-refractivity contribution in [2.24, 2.45) is 0 Å². The molecule has 3 nitrogen and oxygen atoms in total. The average molecular weight is 226 g/mol. The first kappa shape index (κ1) is 9.90. The van der Waals surface area contributed by atoms with Gasteiger partial charge in [-0.1, -0.05) is 30.3 Å². The highest BCUT2D eigenvalue weighted by molar-refractivity contribution is 6.06. The van der Waals surface area contributed by atoms with Gasteiger partial charge in [-0.05, 0) is 18.6 Å². The molecular weight excluding hydrogens is 216 g/mol. The summed E-state index contributed by atoms with van der Waals surface area (Å²) in [6.07, 6.45) is 0. The number of fused-ring (bicyclic) bond motifs is 3. The summed E-state index contributed by atoms with van der Waals surface area (Å²) in [5.41, 5.74) is 0.712. The molecule has 3 aromatic rings. The first-order valence-corrected chi connectivity index (χ1v) is 5.32. The molecule has 0 radical (unpaired) electrons. The summed E-state index contributed by atoms with van der Waals surface area (Å²) in [4.78, 5) is 11.9. The third kappa shape index (κ3) is 1.32. The van der Waals surface area contributed by atoms with Crippen molar-refractivity contribution in [1.29, 1.82) is 0 Å². The molecule has 0 amide bonds. The fourth-order valence-corrected chi connectivity index (χ4v) is 2.15. The van der Waals surface area contributed by atoms with Crippen LogP contribution in [0.15, 0.2) is 45.6 Å². The summed E-state index contributed by atoms with van der Waals surface area (Å²) in [5.74, 6) is -0.0111. The van der Waals surface area contributed by atoms with Gasteiger partial charge in [0.05, 0.1) is 5.39 Å². The number of para-hydroxylation sites is 1. The fraction of sp³-hybridized carbons (Fsp3) is 0.0714. The van der Waals surface area contributed by atoms with Gasteiger partial charge in [0.1, 0.15) is 0 Å². The molecule has 0 spiro atoms. The Kier molecular flexibility index (Phi) is 1.95. The molecule has 17 heavy (non-hydrogen) atoms. The molecule has 1 heterocycles. The Morgan fingerprint density at radius 1 is 1.06 bits per heavy atom. The number of aryl methyl sites for hydroxylation is 1. The van der Waals surface area contributed by atoms with Crippen LogP contribution in [0.3, 0.4) is 0 Å². The van der Waals surface area contributed by atoms with Crippen LogP contribution in [-0.2, 0) is 0 Å². The molecule has 0 fully saturated rings. The molecule has 2 aromatic carbocycles. The molecule has 84 valence electrons. The van der Waals surface area contributed by atoms with E-state index in [4.69, 9.17) is 4.42 Å².